The Morgan fingerprint density at radius 2 is 1.79 bits per heavy atom. The lowest BCUT2D eigenvalue weighted by Gasteiger charge is -2.33. The maximum Gasteiger partial charge on any atom is 0.523 e. The number of piperidine rings is 1. The third kappa shape index (κ3) is 5.52. The van der Waals surface area contributed by atoms with Gasteiger partial charge in [0, 0.05) is 33.0 Å². The van der Waals surface area contributed by atoms with Crippen molar-refractivity contribution < 1.29 is 28.8 Å². The van der Waals surface area contributed by atoms with Gasteiger partial charge in [0.15, 0.2) is 5.78 Å². The molecule has 0 radical (unpaired) electrons. The molecule has 2 saturated heterocycles. The van der Waals surface area contributed by atoms with Gasteiger partial charge in [-0.25, -0.2) is 9.59 Å². The Balaban J connectivity index is 1.73. The first-order valence-corrected chi connectivity index (χ1v) is 11.7. The molecule has 0 aromatic heterocycles. The van der Waals surface area contributed by atoms with E-state index in [9.17, 15) is 24.3 Å². The topological polar surface area (TPSA) is 107 Å². The van der Waals surface area contributed by atoms with E-state index < -0.39 is 22.6 Å². The van der Waals surface area contributed by atoms with Crippen LogP contribution in [0.1, 0.15) is 44.6 Å². The second-order valence-corrected chi connectivity index (χ2v) is 9.21. The highest BCUT2D eigenvalue weighted by molar-refractivity contribution is 5.92. The van der Waals surface area contributed by atoms with Crippen LogP contribution in [0.3, 0.4) is 0 Å². The number of nitrogens with one attached hydrogen (secondary N) is 1. The number of likely N-dealkylation sites (tertiary alicyclic amines) is 2. The second-order valence-electron chi connectivity index (χ2n) is 9.21. The van der Waals surface area contributed by atoms with Gasteiger partial charge in [-0.3, -0.25) is 9.69 Å². The number of nitrogens with zero attached hydrogens (tertiary/aromatic N) is 3. The molecule has 0 saturated carbocycles. The molecule has 0 bridgehead atoms. The molecule has 1 unspecified atom stereocenters. The largest absolute Gasteiger partial charge is 0.523 e. The van der Waals surface area contributed by atoms with Gasteiger partial charge in [0.1, 0.15) is 6.04 Å². The van der Waals surface area contributed by atoms with Gasteiger partial charge in [-0.15, -0.1) is 4.48 Å². The summed E-state index contributed by atoms with van der Waals surface area (Å²) < 4.78 is -0.687. The number of rotatable bonds is 6. The van der Waals surface area contributed by atoms with Crippen molar-refractivity contribution in [3.8, 4) is 0 Å². The van der Waals surface area contributed by atoms with Crippen LogP contribution in [0.5, 0.6) is 0 Å². The molecule has 3 rings (SSSR count). The third-order valence-electron chi connectivity index (χ3n) is 6.90. The van der Waals surface area contributed by atoms with Crippen molar-refractivity contribution in [2.24, 2.45) is 0 Å². The van der Waals surface area contributed by atoms with Crippen LogP contribution in [0.4, 0.5) is 14.4 Å². The fraction of sp³-hybridized carbons (Fsp3) is 0.583. The first kappa shape index (κ1) is 24.7. The molecule has 2 aliphatic rings. The molecule has 3 atom stereocenters. The SMILES string of the molecule is C[C@@H]1CCC[N+]1(C(=O)O)C(=O)N(C)CC(=O)[C@H](Cc1ccccc1)NC(=O)N1CCCCC1. The average Bonchev–Trinajstić information content (AvgIpc) is 3.21. The molecule has 0 aliphatic carbocycles. The zero-order valence-corrected chi connectivity index (χ0v) is 19.5. The molecule has 9 nitrogen and oxygen atoms in total. The number of carbonyl (C=O) groups excluding carboxylic acids is 3. The number of carbonyl (C=O) groups is 4. The molecule has 0 spiro atoms. The standard InChI is InChI=1S/C24H34N4O5/c1-18-10-9-15-28(18,24(32)33)23(31)26(2)17-21(29)20(16-19-11-5-3-6-12-19)25-22(30)27-13-7-4-8-14-27/h3,5-6,11-12,18,20H,4,7-10,13-17H2,1-2H3,(H-,25,30,32,33)/p+1/t18-,20+,28?/m1/s1. The number of carboxylic acid groups (broad SMARTS) is 1. The predicted octanol–water partition coefficient (Wildman–Crippen LogP) is 3.09. The Morgan fingerprint density at radius 1 is 1.12 bits per heavy atom. The van der Waals surface area contributed by atoms with Crippen molar-refractivity contribution in [1.82, 2.24) is 15.1 Å². The summed E-state index contributed by atoms with van der Waals surface area (Å²) in [6.45, 7) is 3.02. The number of amides is 5. The van der Waals surface area contributed by atoms with E-state index in [0.29, 0.717) is 32.4 Å². The quantitative estimate of drug-likeness (QED) is 0.636. The van der Waals surface area contributed by atoms with Crippen LogP contribution >= 0.6 is 0 Å². The van der Waals surface area contributed by atoms with Crippen LogP contribution in [0.15, 0.2) is 30.3 Å². The minimum absolute atomic E-state index is 0.215. The highest BCUT2D eigenvalue weighted by Gasteiger charge is 2.54. The second kappa shape index (κ2) is 10.8. The molecular formula is C24H35N4O5+. The Bertz CT molecular complexity index is 871. The molecule has 5 amide bonds. The highest BCUT2D eigenvalue weighted by Crippen LogP contribution is 2.29. The molecule has 180 valence electrons. The monoisotopic (exact) mass is 459 g/mol. The van der Waals surface area contributed by atoms with Crippen LogP contribution in [-0.4, -0.2) is 88.6 Å². The first-order chi connectivity index (χ1) is 15.8. The van der Waals surface area contributed by atoms with Crippen LogP contribution in [0, 0.1) is 0 Å². The minimum atomic E-state index is -1.19. The molecule has 2 heterocycles. The lowest BCUT2D eigenvalue weighted by Crippen LogP contribution is -2.63. The van der Waals surface area contributed by atoms with E-state index >= 15 is 0 Å². The summed E-state index contributed by atoms with van der Waals surface area (Å²) >= 11 is 0. The normalized spacial score (nSPS) is 23.6. The lowest BCUT2D eigenvalue weighted by molar-refractivity contribution is -0.790. The first-order valence-electron chi connectivity index (χ1n) is 11.7. The number of urea groups is 2. The van der Waals surface area contributed by atoms with Crippen molar-refractivity contribution in [2.45, 2.75) is 57.5 Å². The Labute approximate surface area is 194 Å². The fourth-order valence-electron chi connectivity index (χ4n) is 4.88. The van der Waals surface area contributed by atoms with E-state index in [0.717, 1.165) is 24.8 Å². The molecular weight excluding hydrogens is 424 g/mol. The van der Waals surface area contributed by atoms with Gasteiger partial charge >= 0.3 is 18.2 Å². The number of quaternary nitrogens is 1. The van der Waals surface area contributed by atoms with Crippen molar-refractivity contribution in [3.63, 3.8) is 0 Å². The summed E-state index contributed by atoms with van der Waals surface area (Å²) in [6, 6.07) is 7.35. The fourth-order valence-corrected chi connectivity index (χ4v) is 4.88. The van der Waals surface area contributed by atoms with E-state index in [1.54, 1.807) is 11.8 Å². The maximum absolute atomic E-state index is 13.3. The zero-order chi connectivity index (χ0) is 24.0. The van der Waals surface area contributed by atoms with Gasteiger partial charge in [0.25, 0.3) is 0 Å². The highest BCUT2D eigenvalue weighted by atomic mass is 16.4. The Hall–Kier alpha value is -2.94. The molecule has 2 fully saturated rings. The van der Waals surface area contributed by atoms with Gasteiger partial charge < -0.3 is 15.3 Å². The summed E-state index contributed by atoms with van der Waals surface area (Å²) in [5.74, 6) is -0.324. The number of likely N-dealkylation sites (N-methyl/N-ethyl adjacent to an activating group) is 1. The van der Waals surface area contributed by atoms with Crippen molar-refractivity contribution in [2.75, 3.05) is 33.2 Å². The average molecular weight is 460 g/mol. The summed E-state index contributed by atoms with van der Waals surface area (Å²) in [5, 5.41) is 12.7. The van der Waals surface area contributed by atoms with Gasteiger partial charge in [0.05, 0.1) is 19.1 Å². The van der Waals surface area contributed by atoms with Crippen molar-refractivity contribution in [1.29, 1.82) is 0 Å². The van der Waals surface area contributed by atoms with Gasteiger partial charge in [-0.1, -0.05) is 30.3 Å². The Morgan fingerprint density at radius 3 is 2.36 bits per heavy atom. The summed E-state index contributed by atoms with van der Waals surface area (Å²) in [5.41, 5.74) is 0.894. The molecule has 1 aromatic carbocycles. The van der Waals surface area contributed by atoms with E-state index in [-0.39, 0.29) is 30.9 Å². The molecule has 33 heavy (non-hydrogen) atoms. The zero-order valence-electron chi connectivity index (χ0n) is 19.5. The van der Waals surface area contributed by atoms with E-state index in [4.69, 9.17) is 0 Å². The summed E-state index contributed by atoms with van der Waals surface area (Å²) in [4.78, 5) is 54.2. The Kier molecular flexibility index (Phi) is 8.07. The summed E-state index contributed by atoms with van der Waals surface area (Å²) in [7, 11) is 1.46. The van der Waals surface area contributed by atoms with Crippen LogP contribution < -0.4 is 5.32 Å². The van der Waals surface area contributed by atoms with Gasteiger partial charge in [0.2, 0.25) is 0 Å². The van der Waals surface area contributed by atoms with Gasteiger partial charge in [-0.2, -0.15) is 4.79 Å². The number of hydrogen-bond acceptors (Lipinski definition) is 4. The number of Topliss-reactive ketones (excluding diaryl/α,β-unsaturated/α-hetero) is 1. The third-order valence-corrected chi connectivity index (χ3v) is 6.90. The molecule has 9 heteroatoms. The molecule has 2 aliphatic heterocycles. The van der Waals surface area contributed by atoms with Crippen LogP contribution in [-0.2, 0) is 11.2 Å². The smallest absolute Gasteiger partial charge is 0.435 e. The summed E-state index contributed by atoms with van der Waals surface area (Å²) in [6.07, 6.45) is 3.36. The lowest BCUT2D eigenvalue weighted by atomic mass is 10.0. The minimum Gasteiger partial charge on any atom is -0.435 e. The molecule has 2 N–H and O–H groups in total. The van der Waals surface area contributed by atoms with Crippen molar-refractivity contribution >= 4 is 23.9 Å². The van der Waals surface area contributed by atoms with E-state index in [1.807, 2.05) is 30.3 Å². The number of hydrogen-bond donors (Lipinski definition) is 2. The van der Waals surface area contributed by atoms with E-state index in [1.165, 1.54) is 11.9 Å². The van der Waals surface area contributed by atoms with Crippen LogP contribution in [0.25, 0.3) is 0 Å². The van der Waals surface area contributed by atoms with Crippen LogP contribution in [0.2, 0.25) is 0 Å². The number of benzene rings is 1. The van der Waals surface area contributed by atoms with E-state index in [2.05, 4.69) is 5.32 Å². The number of imide groups is 1. The predicted molar refractivity (Wildman–Crippen MR) is 123 cm³/mol. The number of ketones is 1. The maximum atomic E-state index is 13.3. The molecule has 1 aromatic rings. The van der Waals surface area contributed by atoms with Crippen molar-refractivity contribution in [3.05, 3.63) is 35.9 Å². The van der Waals surface area contributed by atoms with Gasteiger partial charge in [-0.05, 0) is 38.2 Å².